The molecule has 1 amide bonds. The normalized spacial score (nSPS) is 19.8. The third-order valence-electron chi connectivity index (χ3n) is 5.38. The minimum atomic E-state index is -1.05. The summed E-state index contributed by atoms with van der Waals surface area (Å²) in [7, 11) is 0. The molecule has 166 valence electrons. The highest BCUT2D eigenvalue weighted by Crippen LogP contribution is 2.36. The van der Waals surface area contributed by atoms with Gasteiger partial charge in [-0.2, -0.15) is 0 Å². The maximum atomic E-state index is 13.7. The van der Waals surface area contributed by atoms with Crippen molar-refractivity contribution >= 4 is 12.1 Å². The minimum absolute atomic E-state index is 0.193. The number of hydrogen-bond donors (Lipinski definition) is 2. The Morgan fingerprint density at radius 3 is 2.42 bits per heavy atom. The number of carbonyl (C=O) groups excluding carboxylic acids is 1. The van der Waals surface area contributed by atoms with E-state index >= 15 is 0 Å². The second-order valence-corrected chi connectivity index (χ2v) is 8.89. The summed E-state index contributed by atoms with van der Waals surface area (Å²) >= 11 is 0. The van der Waals surface area contributed by atoms with Crippen LogP contribution in [0.3, 0.4) is 0 Å². The van der Waals surface area contributed by atoms with Crippen molar-refractivity contribution in [2.24, 2.45) is 0 Å². The Morgan fingerprint density at radius 1 is 1.16 bits per heavy atom. The van der Waals surface area contributed by atoms with E-state index in [1.807, 2.05) is 0 Å². The Balaban J connectivity index is 1.85. The molecule has 0 aromatic heterocycles. The number of carboxylic acid groups (broad SMARTS) is 1. The molecule has 0 aliphatic carbocycles. The number of aromatic carboxylic acids is 1. The highest BCUT2D eigenvalue weighted by molar-refractivity contribution is 5.87. The lowest BCUT2D eigenvalue weighted by molar-refractivity contribution is -0.00456. The molecule has 1 aliphatic rings. The second-order valence-electron chi connectivity index (χ2n) is 8.89. The van der Waals surface area contributed by atoms with Gasteiger partial charge in [-0.25, -0.2) is 14.0 Å². The van der Waals surface area contributed by atoms with Crippen LogP contribution < -0.4 is 0 Å². The number of ether oxygens (including phenoxy) is 1. The lowest BCUT2D eigenvalue weighted by Crippen LogP contribution is -2.47. The molecule has 3 atom stereocenters. The first kappa shape index (κ1) is 22.7. The number of carboxylic acids is 1. The predicted molar refractivity (Wildman–Crippen MR) is 113 cm³/mol. The van der Waals surface area contributed by atoms with E-state index in [9.17, 15) is 19.1 Å². The van der Waals surface area contributed by atoms with E-state index in [1.165, 1.54) is 30.3 Å². The molecular weight excluding hydrogens is 401 g/mol. The fraction of sp³-hybridized carbons (Fsp3) is 0.417. The number of likely N-dealkylation sites (tertiary alicyclic amines) is 1. The number of aliphatic hydroxyl groups is 1. The zero-order valence-electron chi connectivity index (χ0n) is 17.9. The highest BCUT2D eigenvalue weighted by Gasteiger charge is 2.43. The van der Waals surface area contributed by atoms with Gasteiger partial charge in [-0.15, -0.1) is 0 Å². The van der Waals surface area contributed by atoms with E-state index < -0.39 is 35.6 Å². The van der Waals surface area contributed by atoms with Crippen molar-refractivity contribution in [3.63, 3.8) is 0 Å². The Bertz CT molecular complexity index is 938. The molecule has 0 spiro atoms. The zero-order valence-corrected chi connectivity index (χ0v) is 17.9. The lowest BCUT2D eigenvalue weighted by atomic mass is 10.0. The Labute approximate surface area is 181 Å². The fourth-order valence-electron chi connectivity index (χ4n) is 3.99. The Morgan fingerprint density at radius 2 is 1.84 bits per heavy atom. The monoisotopic (exact) mass is 429 g/mol. The number of amides is 1. The van der Waals surface area contributed by atoms with E-state index in [-0.39, 0.29) is 11.6 Å². The molecule has 3 unspecified atom stereocenters. The van der Waals surface area contributed by atoms with Gasteiger partial charge in [-0.1, -0.05) is 24.3 Å². The Hall–Kier alpha value is -2.93. The van der Waals surface area contributed by atoms with Crippen molar-refractivity contribution < 1.29 is 28.9 Å². The molecule has 1 heterocycles. The average molecular weight is 429 g/mol. The third-order valence-corrected chi connectivity index (χ3v) is 5.38. The smallest absolute Gasteiger partial charge is 0.410 e. The summed E-state index contributed by atoms with van der Waals surface area (Å²) in [4.78, 5) is 25.7. The molecule has 1 fully saturated rings. The maximum Gasteiger partial charge on any atom is 0.410 e. The van der Waals surface area contributed by atoms with Crippen LogP contribution >= 0.6 is 0 Å². The number of rotatable bonds is 5. The molecule has 6 nitrogen and oxygen atoms in total. The number of aliphatic hydroxyl groups excluding tert-OH is 1. The van der Waals surface area contributed by atoms with Crippen LogP contribution in [0, 0.1) is 5.82 Å². The topological polar surface area (TPSA) is 87.1 Å². The van der Waals surface area contributed by atoms with Crippen molar-refractivity contribution in [2.75, 3.05) is 0 Å². The van der Waals surface area contributed by atoms with Crippen LogP contribution in [-0.4, -0.2) is 44.9 Å². The minimum Gasteiger partial charge on any atom is -0.478 e. The van der Waals surface area contributed by atoms with Crippen LogP contribution in [0.1, 0.15) is 61.2 Å². The molecule has 0 saturated carbocycles. The summed E-state index contributed by atoms with van der Waals surface area (Å²) in [6.07, 6.45) is 0.0808. The zero-order chi connectivity index (χ0) is 22.8. The fourth-order valence-corrected chi connectivity index (χ4v) is 3.99. The second kappa shape index (κ2) is 9.06. The molecule has 3 rings (SSSR count). The van der Waals surface area contributed by atoms with Crippen molar-refractivity contribution in [3.8, 4) is 0 Å². The SMILES string of the molecule is CC(C)(C)OC(=O)N1C(Cc2ccc(C(=O)O)cc2)CCC1C(O)c1cccc(F)c1. The van der Waals surface area contributed by atoms with Crippen LogP contribution in [0.25, 0.3) is 0 Å². The lowest BCUT2D eigenvalue weighted by Gasteiger charge is -2.35. The molecule has 1 aliphatic heterocycles. The third kappa shape index (κ3) is 5.61. The summed E-state index contributed by atoms with van der Waals surface area (Å²) in [5.41, 5.74) is 0.773. The largest absolute Gasteiger partial charge is 0.478 e. The quantitative estimate of drug-likeness (QED) is 0.727. The van der Waals surface area contributed by atoms with Gasteiger partial charge in [-0.3, -0.25) is 4.90 Å². The van der Waals surface area contributed by atoms with Gasteiger partial charge in [0.25, 0.3) is 0 Å². The molecular formula is C24H28FNO5. The van der Waals surface area contributed by atoms with Crippen molar-refractivity contribution in [3.05, 3.63) is 71.0 Å². The van der Waals surface area contributed by atoms with Gasteiger partial charge in [0.1, 0.15) is 11.4 Å². The van der Waals surface area contributed by atoms with Crippen LogP contribution in [-0.2, 0) is 11.2 Å². The number of halogens is 1. The number of nitrogens with zero attached hydrogens (tertiary/aromatic N) is 1. The molecule has 31 heavy (non-hydrogen) atoms. The molecule has 2 aromatic carbocycles. The summed E-state index contributed by atoms with van der Waals surface area (Å²) in [5, 5.41) is 20.0. The van der Waals surface area contributed by atoms with Crippen molar-refractivity contribution in [2.45, 2.75) is 63.8 Å². The van der Waals surface area contributed by atoms with Crippen molar-refractivity contribution in [1.82, 2.24) is 4.90 Å². The van der Waals surface area contributed by atoms with Gasteiger partial charge in [0, 0.05) is 6.04 Å². The van der Waals surface area contributed by atoms with Crippen molar-refractivity contribution in [1.29, 1.82) is 0 Å². The molecule has 2 N–H and O–H groups in total. The summed E-state index contributed by atoms with van der Waals surface area (Å²) in [6, 6.07) is 11.5. The van der Waals surface area contributed by atoms with E-state index in [0.717, 1.165) is 5.56 Å². The standard InChI is InChI=1S/C24H28FNO5/c1-24(2,3)31-23(30)26-19(13-15-7-9-16(10-8-15)22(28)29)11-12-20(26)21(27)17-5-4-6-18(25)14-17/h4-10,14,19-21,27H,11-13H2,1-3H3,(H,28,29). The molecule has 2 aromatic rings. The van der Waals surface area contributed by atoms with Gasteiger partial charge in [0.2, 0.25) is 0 Å². The van der Waals surface area contributed by atoms with Gasteiger partial charge in [0.05, 0.1) is 17.7 Å². The number of hydrogen-bond acceptors (Lipinski definition) is 4. The van der Waals surface area contributed by atoms with Crippen LogP contribution in [0.5, 0.6) is 0 Å². The number of carbonyl (C=O) groups is 2. The summed E-state index contributed by atoms with van der Waals surface area (Å²) in [5.74, 6) is -1.45. The first-order chi connectivity index (χ1) is 14.5. The maximum absolute atomic E-state index is 13.7. The van der Waals surface area contributed by atoms with E-state index in [0.29, 0.717) is 24.8 Å². The van der Waals surface area contributed by atoms with Crippen LogP contribution in [0.15, 0.2) is 48.5 Å². The first-order valence-electron chi connectivity index (χ1n) is 10.3. The van der Waals surface area contributed by atoms with E-state index in [2.05, 4.69) is 0 Å². The van der Waals surface area contributed by atoms with Crippen LogP contribution in [0.4, 0.5) is 9.18 Å². The predicted octanol–water partition coefficient (Wildman–Crippen LogP) is 4.57. The molecule has 7 heteroatoms. The number of benzene rings is 2. The highest BCUT2D eigenvalue weighted by atomic mass is 19.1. The van der Waals surface area contributed by atoms with E-state index in [4.69, 9.17) is 9.84 Å². The van der Waals surface area contributed by atoms with E-state index in [1.54, 1.807) is 43.9 Å². The molecule has 0 bridgehead atoms. The Kier molecular flexibility index (Phi) is 6.65. The van der Waals surface area contributed by atoms with Gasteiger partial charge >= 0.3 is 12.1 Å². The first-order valence-corrected chi connectivity index (χ1v) is 10.3. The molecule has 0 radical (unpaired) electrons. The van der Waals surface area contributed by atoms with Crippen LogP contribution in [0.2, 0.25) is 0 Å². The van der Waals surface area contributed by atoms with Gasteiger partial charge < -0.3 is 14.9 Å². The summed E-state index contributed by atoms with van der Waals surface area (Å²) in [6.45, 7) is 5.33. The average Bonchev–Trinajstić information content (AvgIpc) is 3.10. The molecule has 1 saturated heterocycles. The van der Waals surface area contributed by atoms with Gasteiger partial charge in [-0.05, 0) is 75.4 Å². The summed E-state index contributed by atoms with van der Waals surface area (Å²) < 4.78 is 19.3. The van der Waals surface area contributed by atoms with Gasteiger partial charge in [0.15, 0.2) is 0 Å².